The second kappa shape index (κ2) is 68.0. The van der Waals surface area contributed by atoms with Crippen molar-refractivity contribution in [2.45, 2.75) is 341 Å². The van der Waals surface area contributed by atoms with Crippen LogP contribution in [0.4, 0.5) is 0 Å². The molecule has 0 spiro atoms. The zero-order valence-electron chi connectivity index (χ0n) is 59.4. The first-order valence-corrected chi connectivity index (χ1v) is 40.2. The Morgan fingerprint density at radius 1 is 0.309 bits per heavy atom. The lowest BCUT2D eigenvalue weighted by atomic mass is 10.0. The molecule has 0 heterocycles. The molecule has 0 bridgehead atoms. The summed E-state index contributed by atoms with van der Waals surface area (Å²) in [5.41, 5.74) is 0. The molecule has 0 saturated carbocycles. The van der Waals surface area contributed by atoms with E-state index in [0.29, 0.717) is 25.7 Å². The van der Waals surface area contributed by atoms with Gasteiger partial charge in [-0.25, -0.2) is 9.13 Å². The van der Waals surface area contributed by atoms with Crippen molar-refractivity contribution in [3.63, 3.8) is 0 Å². The van der Waals surface area contributed by atoms with Crippen LogP contribution in [0.3, 0.4) is 0 Å². The molecule has 0 rings (SSSR count). The molecule has 0 aromatic heterocycles. The fourth-order valence-electron chi connectivity index (χ4n) is 9.94. The highest BCUT2D eigenvalue weighted by Crippen LogP contribution is 2.45. The van der Waals surface area contributed by atoms with Crippen molar-refractivity contribution in [1.82, 2.24) is 0 Å². The summed E-state index contributed by atoms with van der Waals surface area (Å²) in [6.07, 6.45) is 66.2. The Morgan fingerprint density at radius 3 is 0.894 bits per heavy atom. The molecule has 3 N–H and O–H groups in total. The number of unbranched alkanes of at least 4 members (excludes halogenated alkanes) is 32. The van der Waals surface area contributed by atoms with Crippen molar-refractivity contribution in [3.05, 3.63) is 72.9 Å². The quantitative estimate of drug-likeness (QED) is 0.0169. The summed E-state index contributed by atoms with van der Waals surface area (Å²) in [6.45, 7) is 4.67. The van der Waals surface area contributed by atoms with Gasteiger partial charge in [0.15, 0.2) is 12.2 Å². The van der Waals surface area contributed by atoms with Crippen LogP contribution in [0.2, 0.25) is 0 Å². The van der Waals surface area contributed by atoms with Crippen molar-refractivity contribution in [2.75, 3.05) is 39.6 Å². The lowest BCUT2D eigenvalue weighted by Gasteiger charge is -2.21. The molecule has 0 aliphatic heterocycles. The SMILES string of the molecule is CC/C=C\C/C=C\C/C=C\C/C=C\CCCCCCCCC(=O)OCC(COP(=O)(O)OCC(O)COP(=O)(O)OCC(COC(=O)CCCCCCCCCCCCCCC)OC(=O)CCCCCCC/C=C\CCCC)OC(=O)CCCCCCC/C=C\CCCC. The zero-order chi connectivity index (χ0) is 69.0. The van der Waals surface area contributed by atoms with Gasteiger partial charge in [0.2, 0.25) is 0 Å². The molecule has 19 heteroatoms. The number of hydrogen-bond acceptors (Lipinski definition) is 15. The van der Waals surface area contributed by atoms with Crippen LogP contribution in [-0.2, 0) is 65.4 Å². The van der Waals surface area contributed by atoms with Gasteiger partial charge in [-0.15, -0.1) is 0 Å². The van der Waals surface area contributed by atoms with Gasteiger partial charge in [-0.05, 0) is 103 Å². The summed E-state index contributed by atoms with van der Waals surface area (Å²) in [7, 11) is -9.93. The highest BCUT2D eigenvalue weighted by atomic mass is 31.2. The Hall–Kier alpha value is -3.50. The van der Waals surface area contributed by atoms with Crippen LogP contribution < -0.4 is 0 Å². The van der Waals surface area contributed by atoms with Gasteiger partial charge in [0.1, 0.15) is 19.3 Å². The van der Waals surface area contributed by atoms with Crippen molar-refractivity contribution in [2.24, 2.45) is 0 Å². The predicted octanol–water partition coefficient (Wildman–Crippen LogP) is 20.9. The third-order valence-electron chi connectivity index (χ3n) is 15.7. The number of ether oxygens (including phenoxy) is 4. The van der Waals surface area contributed by atoms with Gasteiger partial charge in [-0.1, -0.05) is 268 Å². The molecule has 0 radical (unpaired) electrons. The Bertz CT molecular complexity index is 2070. The smallest absolute Gasteiger partial charge is 0.462 e. The van der Waals surface area contributed by atoms with Crippen molar-refractivity contribution < 1.29 is 80.2 Å². The van der Waals surface area contributed by atoms with Crippen LogP contribution in [0, 0.1) is 0 Å². The fraction of sp³-hybridized carbons (Fsp3) is 0.787. The third kappa shape index (κ3) is 67.1. The van der Waals surface area contributed by atoms with Gasteiger partial charge in [0, 0.05) is 25.7 Å². The number of phosphoric ester groups is 2. The number of aliphatic hydroxyl groups excluding tert-OH is 1. The van der Waals surface area contributed by atoms with E-state index in [1.165, 1.54) is 83.5 Å². The Kier molecular flexibility index (Phi) is 65.5. The maximum Gasteiger partial charge on any atom is 0.472 e. The van der Waals surface area contributed by atoms with Crippen molar-refractivity contribution in [3.8, 4) is 0 Å². The van der Waals surface area contributed by atoms with E-state index in [1.54, 1.807) is 0 Å². The van der Waals surface area contributed by atoms with E-state index in [1.807, 2.05) is 0 Å². The largest absolute Gasteiger partial charge is 0.472 e. The molecule has 0 amide bonds. The Morgan fingerprint density at radius 2 is 0.564 bits per heavy atom. The summed E-state index contributed by atoms with van der Waals surface area (Å²) in [4.78, 5) is 72.6. The van der Waals surface area contributed by atoms with Crippen molar-refractivity contribution >= 4 is 39.5 Å². The molecule has 0 fully saturated rings. The molecule has 0 aliphatic carbocycles. The summed E-state index contributed by atoms with van der Waals surface area (Å²) in [5, 5.41) is 10.6. The molecule has 5 unspecified atom stereocenters. The van der Waals surface area contributed by atoms with E-state index >= 15 is 0 Å². The van der Waals surface area contributed by atoms with Gasteiger partial charge in [0.25, 0.3) is 0 Å². The first kappa shape index (κ1) is 90.5. The molecule has 0 saturated heterocycles. The summed E-state index contributed by atoms with van der Waals surface area (Å²) in [6, 6.07) is 0. The predicted molar refractivity (Wildman–Crippen MR) is 381 cm³/mol. The number of hydrogen-bond donors (Lipinski definition) is 3. The van der Waals surface area contributed by atoms with Gasteiger partial charge >= 0.3 is 39.5 Å². The normalized spacial score (nSPS) is 14.4. The number of esters is 4. The molecule has 94 heavy (non-hydrogen) atoms. The second-order valence-electron chi connectivity index (χ2n) is 24.9. The van der Waals surface area contributed by atoms with Crippen molar-refractivity contribution in [1.29, 1.82) is 0 Å². The van der Waals surface area contributed by atoms with E-state index in [-0.39, 0.29) is 25.7 Å². The summed E-state index contributed by atoms with van der Waals surface area (Å²) >= 11 is 0. The van der Waals surface area contributed by atoms with Crippen LogP contribution >= 0.6 is 15.6 Å². The number of rotatable bonds is 70. The van der Waals surface area contributed by atoms with Crippen LogP contribution in [0.15, 0.2) is 72.9 Å². The van der Waals surface area contributed by atoms with Gasteiger partial charge in [0.05, 0.1) is 26.4 Å². The molecule has 0 aromatic rings. The number of carbonyl (C=O) groups excluding carboxylic acids is 4. The minimum atomic E-state index is -4.97. The average Bonchev–Trinajstić information content (AvgIpc) is 1.24. The average molecular weight is 1370 g/mol. The summed E-state index contributed by atoms with van der Waals surface area (Å²) < 4.78 is 68.3. The lowest BCUT2D eigenvalue weighted by Crippen LogP contribution is -2.30. The second-order valence-corrected chi connectivity index (χ2v) is 27.8. The highest BCUT2D eigenvalue weighted by molar-refractivity contribution is 7.47. The Balaban J connectivity index is 5.27. The number of phosphoric acid groups is 2. The van der Waals surface area contributed by atoms with E-state index in [0.717, 1.165) is 161 Å². The minimum Gasteiger partial charge on any atom is -0.462 e. The maximum absolute atomic E-state index is 13.0. The minimum absolute atomic E-state index is 0.0829. The molecule has 0 aliphatic rings. The maximum atomic E-state index is 13.0. The standard InChI is InChI=1S/C75H134O17P2/c1-5-9-13-17-21-25-29-31-32-33-34-35-36-38-42-44-48-52-56-60-73(78)86-66-71(92-75(80)62-58-54-50-46-40-28-24-20-16-12-8-4)68-90-94(83,84)88-64-69(76)63-87-93(81,82)89-67-70(91-74(79)61-57-53-49-45-39-27-23-19-15-11-7-3)65-85-72(77)59-55-51-47-43-41-37-30-26-22-18-14-10-6-2/h9,13,19-21,23-25,31-32,34-35,69-71,76H,5-8,10-12,14-18,22,26-30,33,36-68H2,1-4H3,(H,81,82)(H,83,84)/b13-9-,23-19-,24-20-,25-21-,32-31-,35-34-. The summed E-state index contributed by atoms with van der Waals surface area (Å²) in [5.74, 6) is -2.19. The van der Waals surface area contributed by atoms with Crippen LogP contribution in [0.1, 0.15) is 323 Å². The van der Waals surface area contributed by atoms with E-state index in [2.05, 4.69) is 101 Å². The zero-order valence-corrected chi connectivity index (χ0v) is 61.2. The number of carbonyl (C=O) groups is 4. The molecular formula is C75H134O17P2. The first-order valence-electron chi connectivity index (χ1n) is 37.2. The monoisotopic (exact) mass is 1370 g/mol. The fourth-order valence-corrected chi connectivity index (χ4v) is 11.5. The van der Waals surface area contributed by atoms with E-state index in [4.69, 9.17) is 37.0 Å². The number of allylic oxidation sites excluding steroid dienone is 12. The first-order chi connectivity index (χ1) is 45.7. The van der Waals surface area contributed by atoms with E-state index in [9.17, 15) is 43.2 Å². The van der Waals surface area contributed by atoms with Gasteiger partial charge in [-0.2, -0.15) is 0 Å². The van der Waals surface area contributed by atoms with Crippen LogP contribution in [-0.4, -0.2) is 96.7 Å². The van der Waals surface area contributed by atoms with Gasteiger partial charge in [-0.3, -0.25) is 37.3 Å². The van der Waals surface area contributed by atoms with E-state index < -0.39 is 97.5 Å². The molecule has 17 nitrogen and oxygen atoms in total. The van der Waals surface area contributed by atoms with Crippen LogP contribution in [0.25, 0.3) is 0 Å². The molecule has 0 aromatic carbocycles. The third-order valence-corrected chi connectivity index (χ3v) is 17.6. The van der Waals surface area contributed by atoms with Gasteiger partial charge < -0.3 is 33.8 Å². The molecule has 546 valence electrons. The lowest BCUT2D eigenvalue weighted by molar-refractivity contribution is -0.161. The molecular weight excluding hydrogens is 1230 g/mol. The van der Waals surface area contributed by atoms with Crippen LogP contribution in [0.5, 0.6) is 0 Å². The topological polar surface area (TPSA) is 237 Å². The molecule has 5 atom stereocenters. The highest BCUT2D eigenvalue weighted by Gasteiger charge is 2.30. The Labute approximate surface area is 571 Å². The number of aliphatic hydroxyl groups is 1.